The van der Waals surface area contributed by atoms with E-state index < -0.39 is 0 Å². The van der Waals surface area contributed by atoms with E-state index in [0.717, 1.165) is 25.1 Å². The smallest absolute Gasteiger partial charge is 0.153 e. The minimum atomic E-state index is 0.282. The lowest BCUT2D eigenvalue weighted by atomic mass is 10.0. The summed E-state index contributed by atoms with van der Waals surface area (Å²) in [4.78, 5) is 6.42. The van der Waals surface area contributed by atoms with Crippen LogP contribution in [0.4, 0.5) is 11.5 Å². The second-order valence-electron chi connectivity index (χ2n) is 4.45. The lowest BCUT2D eigenvalue weighted by Crippen LogP contribution is -2.25. The van der Waals surface area contributed by atoms with E-state index in [-0.39, 0.29) is 5.15 Å². The first kappa shape index (κ1) is 13.0. The van der Waals surface area contributed by atoms with E-state index in [9.17, 15) is 0 Å². The highest BCUT2D eigenvalue weighted by atomic mass is 35.5. The quantitative estimate of drug-likeness (QED) is 0.679. The summed E-state index contributed by atoms with van der Waals surface area (Å²) in [6, 6.07) is 9.92. The summed E-state index contributed by atoms with van der Waals surface area (Å²) in [5.41, 5.74) is 2.44. The molecule has 19 heavy (non-hydrogen) atoms. The molecule has 0 saturated carbocycles. The van der Waals surface area contributed by atoms with E-state index >= 15 is 0 Å². The summed E-state index contributed by atoms with van der Waals surface area (Å²) in [6.07, 6.45) is 2.14. The molecule has 98 valence electrons. The predicted octanol–water partition coefficient (Wildman–Crippen LogP) is 5.13. The normalized spacial score (nSPS) is 14.4. The van der Waals surface area contributed by atoms with Gasteiger partial charge in [-0.05, 0) is 30.5 Å². The molecule has 3 rings (SSSR count). The molecule has 5 heteroatoms. The van der Waals surface area contributed by atoms with E-state index in [2.05, 4.69) is 22.0 Å². The van der Waals surface area contributed by atoms with Crippen LogP contribution in [-0.4, -0.2) is 11.5 Å². The molecule has 0 spiro atoms. The van der Waals surface area contributed by atoms with Crippen molar-refractivity contribution >= 4 is 46.3 Å². The molecule has 0 atom stereocenters. The van der Waals surface area contributed by atoms with Crippen molar-refractivity contribution in [3.05, 3.63) is 51.1 Å². The topological polar surface area (TPSA) is 16.1 Å². The number of halogens is 3. The lowest BCUT2D eigenvalue weighted by Gasteiger charge is -2.31. The number of para-hydroxylation sites is 1. The summed E-state index contributed by atoms with van der Waals surface area (Å²) >= 11 is 18.2. The number of benzene rings is 1. The van der Waals surface area contributed by atoms with Gasteiger partial charge in [-0.25, -0.2) is 4.98 Å². The van der Waals surface area contributed by atoms with Crippen LogP contribution in [0.3, 0.4) is 0 Å². The largest absolute Gasteiger partial charge is 0.325 e. The minimum absolute atomic E-state index is 0.282. The Bertz CT molecular complexity index is 628. The van der Waals surface area contributed by atoms with Crippen molar-refractivity contribution in [3.8, 4) is 0 Å². The zero-order valence-corrected chi connectivity index (χ0v) is 12.3. The molecule has 0 saturated heterocycles. The van der Waals surface area contributed by atoms with Crippen molar-refractivity contribution in [2.24, 2.45) is 0 Å². The van der Waals surface area contributed by atoms with Gasteiger partial charge in [-0.3, -0.25) is 0 Å². The van der Waals surface area contributed by atoms with Crippen molar-refractivity contribution in [2.45, 2.75) is 12.8 Å². The summed E-state index contributed by atoms with van der Waals surface area (Å²) in [6.45, 7) is 0.877. The fourth-order valence-electron chi connectivity index (χ4n) is 2.38. The number of anilines is 2. The molecule has 0 N–H and O–H groups in total. The third-order valence-corrected chi connectivity index (χ3v) is 4.19. The average Bonchev–Trinajstić information content (AvgIpc) is 2.42. The summed E-state index contributed by atoms with van der Waals surface area (Å²) in [5.74, 6) is 0.670. The standard InChI is InChI=1S/C14H11Cl3N2/c15-10-8-11(16)14(18-13(10)17)19-7-3-5-9-4-1-2-6-12(9)19/h1-2,4,6,8H,3,5,7H2. The van der Waals surface area contributed by atoms with E-state index in [0.29, 0.717) is 15.9 Å². The number of aromatic nitrogens is 1. The molecule has 2 nitrogen and oxygen atoms in total. The summed E-state index contributed by atoms with van der Waals surface area (Å²) in [5, 5.41) is 1.18. The van der Waals surface area contributed by atoms with Gasteiger partial charge in [0.1, 0.15) is 5.15 Å². The third kappa shape index (κ3) is 2.40. The first-order valence-electron chi connectivity index (χ1n) is 6.04. The second-order valence-corrected chi connectivity index (χ2v) is 5.62. The van der Waals surface area contributed by atoms with Crippen molar-refractivity contribution in [1.29, 1.82) is 0 Å². The van der Waals surface area contributed by atoms with Gasteiger partial charge in [0, 0.05) is 12.2 Å². The van der Waals surface area contributed by atoms with Crippen LogP contribution in [0.5, 0.6) is 0 Å². The monoisotopic (exact) mass is 312 g/mol. The van der Waals surface area contributed by atoms with Gasteiger partial charge in [0.05, 0.1) is 10.0 Å². The molecular formula is C14H11Cl3N2. The molecule has 1 aromatic heterocycles. The molecule has 0 radical (unpaired) electrons. The number of aryl methyl sites for hydroxylation is 1. The molecule has 2 aromatic rings. The number of fused-ring (bicyclic) bond motifs is 1. The van der Waals surface area contributed by atoms with Crippen molar-refractivity contribution in [2.75, 3.05) is 11.4 Å². The van der Waals surface area contributed by atoms with Crippen LogP contribution < -0.4 is 4.90 Å². The van der Waals surface area contributed by atoms with E-state index in [4.69, 9.17) is 34.8 Å². The maximum Gasteiger partial charge on any atom is 0.153 e. The SMILES string of the molecule is Clc1cc(Cl)c(N2CCCc3ccccc32)nc1Cl. The Morgan fingerprint density at radius 3 is 2.68 bits per heavy atom. The van der Waals surface area contributed by atoms with Gasteiger partial charge < -0.3 is 4.90 Å². The maximum atomic E-state index is 6.25. The molecule has 1 aromatic carbocycles. The highest BCUT2D eigenvalue weighted by Crippen LogP contribution is 2.38. The minimum Gasteiger partial charge on any atom is -0.325 e. The Morgan fingerprint density at radius 2 is 1.84 bits per heavy atom. The second kappa shape index (κ2) is 5.20. The lowest BCUT2D eigenvalue weighted by molar-refractivity contribution is 0.760. The van der Waals surface area contributed by atoms with Crippen LogP contribution >= 0.6 is 34.8 Å². The molecule has 0 unspecified atom stereocenters. The highest BCUT2D eigenvalue weighted by molar-refractivity contribution is 6.43. The fraction of sp³-hybridized carbons (Fsp3) is 0.214. The predicted molar refractivity (Wildman–Crippen MR) is 81.0 cm³/mol. The van der Waals surface area contributed by atoms with Crippen LogP contribution in [-0.2, 0) is 6.42 Å². The third-order valence-electron chi connectivity index (χ3n) is 3.23. The van der Waals surface area contributed by atoms with Crippen molar-refractivity contribution < 1.29 is 0 Å². The Kier molecular flexibility index (Phi) is 3.57. The van der Waals surface area contributed by atoms with E-state index in [1.807, 2.05) is 12.1 Å². The van der Waals surface area contributed by atoms with Gasteiger partial charge in [0.2, 0.25) is 0 Å². The van der Waals surface area contributed by atoms with Crippen LogP contribution in [0, 0.1) is 0 Å². The molecule has 1 aliphatic rings. The first-order chi connectivity index (χ1) is 9.16. The van der Waals surface area contributed by atoms with Crippen LogP contribution in [0.2, 0.25) is 15.2 Å². The van der Waals surface area contributed by atoms with Crippen LogP contribution in [0.15, 0.2) is 30.3 Å². The van der Waals surface area contributed by atoms with Gasteiger partial charge in [0.25, 0.3) is 0 Å². The summed E-state index contributed by atoms with van der Waals surface area (Å²) in [7, 11) is 0. The zero-order chi connectivity index (χ0) is 13.4. The Morgan fingerprint density at radius 1 is 1.05 bits per heavy atom. The number of nitrogens with zero attached hydrogens (tertiary/aromatic N) is 2. The molecule has 0 aliphatic carbocycles. The first-order valence-corrected chi connectivity index (χ1v) is 7.17. The van der Waals surface area contributed by atoms with Crippen molar-refractivity contribution in [3.63, 3.8) is 0 Å². The van der Waals surface area contributed by atoms with Gasteiger partial charge in [0.15, 0.2) is 5.82 Å². The number of rotatable bonds is 1. The Labute approximate surface area is 126 Å². The molecule has 0 fully saturated rings. The number of hydrogen-bond donors (Lipinski definition) is 0. The molecule has 0 amide bonds. The number of pyridine rings is 1. The Hall–Kier alpha value is -0.960. The van der Waals surface area contributed by atoms with Gasteiger partial charge in [-0.2, -0.15) is 0 Å². The van der Waals surface area contributed by atoms with Gasteiger partial charge in [-0.1, -0.05) is 53.0 Å². The Balaban J connectivity index is 2.11. The average molecular weight is 314 g/mol. The fourth-order valence-corrected chi connectivity index (χ4v) is 2.97. The molecule has 0 bridgehead atoms. The van der Waals surface area contributed by atoms with Crippen LogP contribution in [0.25, 0.3) is 0 Å². The van der Waals surface area contributed by atoms with Crippen LogP contribution in [0.1, 0.15) is 12.0 Å². The summed E-state index contributed by atoms with van der Waals surface area (Å²) < 4.78 is 0. The highest BCUT2D eigenvalue weighted by Gasteiger charge is 2.21. The zero-order valence-electron chi connectivity index (χ0n) is 10.0. The molecule has 1 aliphatic heterocycles. The molecule has 2 heterocycles. The van der Waals surface area contributed by atoms with Crippen molar-refractivity contribution in [1.82, 2.24) is 4.98 Å². The van der Waals surface area contributed by atoms with E-state index in [1.165, 1.54) is 5.56 Å². The number of hydrogen-bond acceptors (Lipinski definition) is 2. The maximum absolute atomic E-state index is 6.25. The van der Waals surface area contributed by atoms with Gasteiger partial charge in [-0.15, -0.1) is 0 Å². The van der Waals surface area contributed by atoms with E-state index in [1.54, 1.807) is 6.07 Å². The van der Waals surface area contributed by atoms with Gasteiger partial charge >= 0.3 is 0 Å². The molecular weight excluding hydrogens is 303 g/mol.